The third-order valence-electron chi connectivity index (χ3n) is 2.46. The molecular weight excluding hydrogens is 208 g/mol. The molecule has 0 aliphatic carbocycles. The molecule has 0 N–H and O–H groups in total. The van der Waals surface area contributed by atoms with Crippen molar-refractivity contribution in [1.82, 2.24) is 0 Å². The summed E-state index contributed by atoms with van der Waals surface area (Å²) in [5, 5.41) is 0. The number of benzene rings is 1. The van der Waals surface area contributed by atoms with Crippen LogP contribution >= 0.6 is 0 Å². The van der Waals surface area contributed by atoms with Gasteiger partial charge in [0.2, 0.25) is 0 Å². The molecule has 0 bridgehead atoms. The molecule has 15 heavy (non-hydrogen) atoms. The van der Waals surface area contributed by atoms with Crippen molar-refractivity contribution in [1.29, 1.82) is 0 Å². The molecule has 1 atom stereocenters. The Labute approximate surface area is 93.3 Å². The Morgan fingerprint density at radius 1 is 1.53 bits per heavy atom. The zero-order valence-electron chi connectivity index (χ0n) is 9.03. The Morgan fingerprint density at radius 3 is 2.73 bits per heavy atom. The summed E-state index contributed by atoms with van der Waals surface area (Å²) in [6, 6.07) is 7.02. The summed E-state index contributed by atoms with van der Waals surface area (Å²) in [6.45, 7) is 7.85. The smallest absolute Gasteiger partial charge is 0.0251 e. The molecule has 0 saturated carbocycles. The van der Waals surface area contributed by atoms with Crippen LogP contribution in [0.5, 0.6) is 0 Å². The molecular formula is C12H15O2S-. The second kappa shape index (κ2) is 4.73. The molecule has 0 aliphatic rings. The third kappa shape index (κ3) is 3.01. The van der Waals surface area contributed by atoms with Crippen molar-refractivity contribution in [3.8, 4) is 0 Å². The first-order valence-corrected chi connectivity index (χ1v) is 5.85. The third-order valence-corrected chi connectivity index (χ3v) is 3.10. The number of hydrogen-bond donors (Lipinski definition) is 0. The molecule has 1 aromatic rings. The van der Waals surface area contributed by atoms with Crippen molar-refractivity contribution in [3.05, 3.63) is 42.5 Å². The van der Waals surface area contributed by atoms with E-state index in [9.17, 15) is 8.76 Å². The summed E-state index contributed by atoms with van der Waals surface area (Å²) in [4.78, 5) is 0.338. The van der Waals surface area contributed by atoms with E-state index in [2.05, 4.69) is 20.4 Å². The van der Waals surface area contributed by atoms with Gasteiger partial charge >= 0.3 is 0 Å². The zero-order valence-corrected chi connectivity index (χ0v) is 9.84. The second-order valence-electron chi connectivity index (χ2n) is 4.14. The molecule has 0 aliphatic heterocycles. The minimum atomic E-state index is -2.15. The minimum Gasteiger partial charge on any atom is -0.768 e. The predicted octanol–water partition coefficient (Wildman–Crippen LogP) is 2.78. The van der Waals surface area contributed by atoms with Gasteiger partial charge in [0.1, 0.15) is 0 Å². The summed E-state index contributed by atoms with van der Waals surface area (Å²) in [7, 11) is 0. The van der Waals surface area contributed by atoms with Gasteiger partial charge in [-0.05, 0) is 40.6 Å². The monoisotopic (exact) mass is 223 g/mol. The van der Waals surface area contributed by atoms with Crippen LogP contribution in [-0.4, -0.2) is 8.76 Å². The van der Waals surface area contributed by atoms with E-state index in [1.165, 1.54) is 0 Å². The average molecular weight is 223 g/mol. The highest BCUT2D eigenvalue weighted by atomic mass is 32.2. The highest BCUT2D eigenvalue weighted by Gasteiger charge is 2.18. The van der Waals surface area contributed by atoms with Gasteiger partial charge in [-0.25, -0.2) is 0 Å². The van der Waals surface area contributed by atoms with Crippen LogP contribution in [0.15, 0.2) is 41.8 Å². The molecule has 0 amide bonds. The van der Waals surface area contributed by atoms with E-state index in [4.69, 9.17) is 0 Å². The van der Waals surface area contributed by atoms with Crippen LogP contribution in [0.3, 0.4) is 0 Å². The van der Waals surface area contributed by atoms with Crippen molar-refractivity contribution in [2.45, 2.75) is 30.6 Å². The lowest BCUT2D eigenvalue weighted by molar-refractivity contribution is 0.527. The summed E-state index contributed by atoms with van der Waals surface area (Å²) >= 11 is -2.15. The van der Waals surface area contributed by atoms with Crippen LogP contribution in [0.25, 0.3) is 0 Å². The first kappa shape index (κ1) is 12.1. The first-order chi connectivity index (χ1) is 6.97. The van der Waals surface area contributed by atoms with Gasteiger partial charge in [0.15, 0.2) is 0 Å². The first-order valence-electron chi connectivity index (χ1n) is 4.78. The number of allylic oxidation sites excluding steroid dienone is 1. The van der Waals surface area contributed by atoms with Gasteiger partial charge in [0, 0.05) is 4.90 Å². The van der Waals surface area contributed by atoms with Gasteiger partial charge in [-0.3, -0.25) is 4.21 Å². The van der Waals surface area contributed by atoms with E-state index in [-0.39, 0.29) is 5.41 Å². The average Bonchev–Trinajstić information content (AvgIpc) is 2.18. The fourth-order valence-electron chi connectivity index (χ4n) is 1.50. The summed E-state index contributed by atoms with van der Waals surface area (Å²) < 4.78 is 21.6. The molecule has 2 nitrogen and oxygen atoms in total. The fraction of sp³-hybridized carbons (Fsp3) is 0.333. The lowest BCUT2D eigenvalue weighted by Gasteiger charge is -2.24. The molecule has 3 heteroatoms. The Balaban J connectivity index is 3.09. The maximum absolute atomic E-state index is 10.8. The normalized spacial score (nSPS) is 13.5. The van der Waals surface area contributed by atoms with Crippen LogP contribution in [0.1, 0.15) is 25.8 Å². The van der Waals surface area contributed by atoms with Gasteiger partial charge < -0.3 is 4.55 Å². The van der Waals surface area contributed by atoms with Crippen molar-refractivity contribution in [2.75, 3.05) is 0 Å². The SMILES string of the molecule is C=CCC(C)(C)c1cccc(S(=O)[O-])c1. The highest BCUT2D eigenvalue weighted by Crippen LogP contribution is 2.28. The zero-order chi connectivity index (χ0) is 11.5. The topological polar surface area (TPSA) is 40.1 Å². The minimum absolute atomic E-state index is 0.0723. The van der Waals surface area contributed by atoms with Gasteiger partial charge in [0.05, 0.1) is 0 Å². The van der Waals surface area contributed by atoms with Gasteiger partial charge in [-0.1, -0.05) is 32.1 Å². The molecule has 82 valence electrons. The fourth-order valence-corrected chi connectivity index (χ4v) is 1.91. The number of rotatable bonds is 4. The maximum Gasteiger partial charge on any atom is 0.0251 e. The standard InChI is InChI=1S/C12H16O2S/c1-4-8-12(2,3)10-6-5-7-11(9-10)15(13)14/h4-7,9H,1,8H2,2-3H3,(H,13,14)/p-1. The molecule has 0 radical (unpaired) electrons. The quantitative estimate of drug-likeness (QED) is 0.581. The van der Waals surface area contributed by atoms with Crippen LogP contribution < -0.4 is 0 Å². The van der Waals surface area contributed by atoms with E-state index < -0.39 is 11.1 Å². The Morgan fingerprint density at radius 2 is 2.20 bits per heavy atom. The number of hydrogen-bond acceptors (Lipinski definition) is 2. The summed E-state index contributed by atoms with van der Waals surface area (Å²) in [5.74, 6) is 0. The lowest BCUT2D eigenvalue weighted by atomic mass is 9.82. The maximum atomic E-state index is 10.8. The molecule has 0 aromatic heterocycles. The van der Waals surface area contributed by atoms with Crippen molar-refractivity contribution < 1.29 is 8.76 Å². The molecule has 0 saturated heterocycles. The molecule has 0 heterocycles. The molecule has 1 rings (SSSR count). The van der Waals surface area contributed by atoms with Gasteiger partial charge in [0.25, 0.3) is 0 Å². The Bertz CT molecular complexity index is 383. The largest absolute Gasteiger partial charge is 0.768 e. The highest BCUT2D eigenvalue weighted by molar-refractivity contribution is 7.79. The van der Waals surface area contributed by atoms with Crippen molar-refractivity contribution in [2.24, 2.45) is 0 Å². The van der Waals surface area contributed by atoms with E-state index >= 15 is 0 Å². The molecule has 0 fully saturated rings. The van der Waals surface area contributed by atoms with E-state index in [0.29, 0.717) is 4.90 Å². The van der Waals surface area contributed by atoms with Gasteiger partial charge in [-0.15, -0.1) is 6.58 Å². The van der Waals surface area contributed by atoms with Crippen molar-refractivity contribution >= 4 is 11.1 Å². The van der Waals surface area contributed by atoms with E-state index in [1.54, 1.807) is 18.2 Å². The second-order valence-corrected chi connectivity index (χ2v) is 5.08. The predicted molar refractivity (Wildman–Crippen MR) is 61.5 cm³/mol. The van der Waals surface area contributed by atoms with E-state index in [1.807, 2.05) is 12.1 Å². The Kier molecular flexibility index (Phi) is 3.83. The van der Waals surface area contributed by atoms with E-state index in [0.717, 1.165) is 12.0 Å². The van der Waals surface area contributed by atoms with Crippen LogP contribution in [0.2, 0.25) is 0 Å². The molecule has 1 unspecified atom stereocenters. The Hall–Kier alpha value is -0.930. The molecule has 0 spiro atoms. The summed E-state index contributed by atoms with van der Waals surface area (Å²) in [5.41, 5.74) is 0.945. The van der Waals surface area contributed by atoms with Crippen LogP contribution in [0.4, 0.5) is 0 Å². The molecule has 1 aromatic carbocycles. The van der Waals surface area contributed by atoms with Gasteiger partial charge in [-0.2, -0.15) is 0 Å². The van der Waals surface area contributed by atoms with Crippen molar-refractivity contribution in [3.63, 3.8) is 0 Å². The lowest BCUT2D eigenvalue weighted by Crippen LogP contribution is -2.16. The summed E-state index contributed by atoms with van der Waals surface area (Å²) in [6.07, 6.45) is 2.67. The van der Waals surface area contributed by atoms with Crippen LogP contribution in [0, 0.1) is 0 Å². The van der Waals surface area contributed by atoms with Crippen LogP contribution in [-0.2, 0) is 16.5 Å².